The molecular weight excluding hydrogens is 394 g/mol. The number of aryl methyl sites for hydroxylation is 1. The standard InChI is InChI=1S/C19H17N5O4S/c1-9-6-7-29-15(9)17-21-13(16(20)25)14-18(23-17)24(19(26)22-14)10-4-5-11(27-2)12(8-10)28-3/h4-8H,1-3H3,(H2,20,25)(H,22,26). The molecule has 3 heterocycles. The zero-order valence-corrected chi connectivity index (χ0v) is 16.7. The number of aromatic amines is 1. The third-order valence-electron chi connectivity index (χ3n) is 4.46. The summed E-state index contributed by atoms with van der Waals surface area (Å²) >= 11 is 1.44. The summed E-state index contributed by atoms with van der Waals surface area (Å²) in [6.07, 6.45) is 0. The fourth-order valence-corrected chi connectivity index (χ4v) is 3.93. The van der Waals surface area contributed by atoms with Crippen LogP contribution >= 0.6 is 11.3 Å². The Balaban J connectivity index is 2.04. The maximum atomic E-state index is 12.8. The van der Waals surface area contributed by atoms with Gasteiger partial charge in [0.1, 0.15) is 5.52 Å². The van der Waals surface area contributed by atoms with Crippen LogP contribution < -0.4 is 20.9 Å². The van der Waals surface area contributed by atoms with Gasteiger partial charge < -0.3 is 20.2 Å². The van der Waals surface area contributed by atoms with E-state index in [1.54, 1.807) is 18.2 Å². The minimum absolute atomic E-state index is 0.0471. The van der Waals surface area contributed by atoms with Crippen molar-refractivity contribution in [2.45, 2.75) is 6.92 Å². The normalized spacial score (nSPS) is 11.0. The van der Waals surface area contributed by atoms with Gasteiger partial charge in [-0.2, -0.15) is 0 Å². The zero-order valence-electron chi connectivity index (χ0n) is 15.8. The van der Waals surface area contributed by atoms with E-state index in [1.807, 2.05) is 18.4 Å². The van der Waals surface area contributed by atoms with Crippen molar-refractivity contribution in [3.63, 3.8) is 0 Å². The molecule has 148 valence electrons. The van der Waals surface area contributed by atoms with Gasteiger partial charge in [0.05, 0.1) is 24.8 Å². The summed E-state index contributed by atoms with van der Waals surface area (Å²) in [5.41, 5.74) is 6.87. The molecule has 1 amide bonds. The van der Waals surface area contributed by atoms with Crippen molar-refractivity contribution in [1.29, 1.82) is 0 Å². The highest BCUT2D eigenvalue weighted by Crippen LogP contribution is 2.31. The number of nitrogens with one attached hydrogen (secondary N) is 1. The number of hydrogen-bond donors (Lipinski definition) is 2. The lowest BCUT2D eigenvalue weighted by atomic mass is 10.2. The number of hydrogen-bond acceptors (Lipinski definition) is 7. The number of ether oxygens (including phenoxy) is 2. The molecule has 0 unspecified atom stereocenters. The predicted molar refractivity (Wildman–Crippen MR) is 109 cm³/mol. The minimum atomic E-state index is -0.756. The molecule has 29 heavy (non-hydrogen) atoms. The molecule has 0 aliphatic rings. The molecule has 10 heteroatoms. The van der Waals surface area contributed by atoms with Gasteiger partial charge in [-0.3, -0.25) is 4.79 Å². The van der Waals surface area contributed by atoms with E-state index in [9.17, 15) is 9.59 Å². The summed E-state index contributed by atoms with van der Waals surface area (Å²) in [5, 5.41) is 1.90. The second-order valence-corrected chi connectivity index (χ2v) is 7.11. The number of primary amides is 1. The third kappa shape index (κ3) is 3.03. The number of carbonyl (C=O) groups is 1. The van der Waals surface area contributed by atoms with E-state index in [-0.39, 0.29) is 16.9 Å². The van der Waals surface area contributed by atoms with Crippen LogP contribution in [0.2, 0.25) is 0 Å². The smallest absolute Gasteiger partial charge is 0.332 e. The minimum Gasteiger partial charge on any atom is -0.493 e. The number of amides is 1. The molecule has 3 aromatic heterocycles. The lowest BCUT2D eigenvalue weighted by molar-refractivity contribution is 0.0997. The highest BCUT2D eigenvalue weighted by atomic mass is 32.1. The number of methoxy groups -OCH3 is 2. The van der Waals surface area contributed by atoms with Gasteiger partial charge in [0.25, 0.3) is 5.91 Å². The Morgan fingerprint density at radius 2 is 1.93 bits per heavy atom. The van der Waals surface area contributed by atoms with E-state index in [1.165, 1.54) is 30.1 Å². The van der Waals surface area contributed by atoms with Gasteiger partial charge in [-0.05, 0) is 36.1 Å². The van der Waals surface area contributed by atoms with Crippen molar-refractivity contribution < 1.29 is 14.3 Å². The second kappa shape index (κ2) is 7.06. The Bertz CT molecular complexity index is 1300. The quantitative estimate of drug-likeness (QED) is 0.519. The van der Waals surface area contributed by atoms with E-state index in [4.69, 9.17) is 15.2 Å². The van der Waals surface area contributed by atoms with Gasteiger partial charge in [-0.25, -0.2) is 19.3 Å². The maximum Gasteiger partial charge on any atom is 0.332 e. The fraction of sp³-hybridized carbons (Fsp3) is 0.158. The predicted octanol–water partition coefficient (Wildman–Crippen LogP) is 2.26. The van der Waals surface area contributed by atoms with Crippen LogP contribution in [0, 0.1) is 6.92 Å². The molecular formula is C19H17N5O4S. The molecule has 0 saturated carbocycles. The van der Waals surface area contributed by atoms with Crippen molar-refractivity contribution in [2.75, 3.05) is 14.2 Å². The number of benzene rings is 1. The van der Waals surface area contributed by atoms with Crippen LogP contribution in [0.3, 0.4) is 0 Å². The Labute approximate surface area is 168 Å². The molecule has 9 nitrogen and oxygen atoms in total. The average Bonchev–Trinajstić information content (AvgIpc) is 3.28. The first kappa shape index (κ1) is 18.7. The number of carbonyl (C=O) groups excluding carboxylic acids is 1. The van der Waals surface area contributed by atoms with Crippen molar-refractivity contribution >= 4 is 28.4 Å². The number of aromatic nitrogens is 4. The second-order valence-electron chi connectivity index (χ2n) is 6.20. The number of rotatable bonds is 5. The van der Waals surface area contributed by atoms with Gasteiger partial charge in [0.2, 0.25) is 0 Å². The molecule has 0 bridgehead atoms. The van der Waals surface area contributed by atoms with Crippen LogP contribution in [0.4, 0.5) is 0 Å². The van der Waals surface area contributed by atoms with Gasteiger partial charge in [0, 0.05) is 6.07 Å². The Hall–Kier alpha value is -3.66. The molecule has 0 aliphatic carbocycles. The molecule has 0 aliphatic heterocycles. The van der Waals surface area contributed by atoms with Crippen LogP contribution in [0.25, 0.3) is 27.6 Å². The Kier molecular flexibility index (Phi) is 4.55. The van der Waals surface area contributed by atoms with E-state index in [0.717, 1.165) is 10.4 Å². The Morgan fingerprint density at radius 3 is 2.55 bits per heavy atom. The molecule has 0 radical (unpaired) electrons. The molecule has 3 N–H and O–H groups in total. The van der Waals surface area contributed by atoms with Crippen LogP contribution in [-0.4, -0.2) is 39.6 Å². The van der Waals surface area contributed by atoms with Crippen LogP contribution in [-0.2, 0) is 0 Å². The summed E-state index contributed by atoms with van der Waals surface area (Å²) in [5.74, 6) is 0.539. The summed E-state index contributed by atoms with van der Waals surface area (Å²) in [6.45, 7) is 1.92. The van der Waals surface area contributed by atoms with E-state index in [0.29, 0.717) is 23.0 Å². The number of nitrogens with zero attached hydrogens (tertiary/aromatic N) is 3. The summed E-state index contributed by atoms with van der Waals surface area (Å²) in [6, 6.07) is 6.95. The average molecular weight is 411 g/mol. The van der Waals surface area contributed by atoms with Gasteiger partial charge in [0.15, 0.2) is 28.7 Å². The zero-order chi connectivity index (χ0) is 20.7. The first-order valence-electron chi connectivity index (χ1n) is 8.54. The molecule has 0 saturated heterocycles. The van der Waals surface area contributed by atoms with E-state index in [2.05, 4.69) is 15.0 Å². The van der Waals surface area contributed by atoms with E-state index >= 15 is 0 Å². The van der Waals surface area contributed by atoms with E-state index < -0.39 is 11.6 Å². The monoisotopic (exact) mass is 411 g/mol. The number of nitrogens with two attached hydrogens (primary N) is 1. The summed E-state index contributed by atoms with van der Waals surface area (Å²) in [4.78, 5) is 37.1. The first-order valence-corrected chi connectivity index (χ1v) is 9.42. The van der Waals surface area contributed by atoms with Crippen molar-refractivity contribution in [3.05, 3.63) is 51.4 Å². The molecule has 0 atom stereocenters. The van der Waals surface area contributed by atoms with Gasteiger partial charge in [-0.15, -0.1) is 11.3 Å². The molecule has 1 aromatic carbocycles. The van der Waals surface area contributed by atoms with Crippen LogP contribution in [0.15, 0.2) is 34.4 Å². The topological polar surface area (TPSA) is 125 Å². The third-order valence-corrected chi connectivity index (χ3v) is 5.47. The van der Waals surface area contributed by atoms with Gasteiger partial charge in [-0.1, -0.05) is 0 Å². The lowest BCUT2D eigenvalue weighted by Gasteiger charge is -2.10. The van der Waals surface area contributed by atoms with Crippen LogP contribution in [0.1, 0.15) is 16.1 Å². The number of H-pyrrole nitrogens is 1. The molecule has 4 rings (SSSR count). The SMILES string of the molecule is COc1ccc(-n2c(=O)[nH]c3c(C(N)=O)nc(-c4sccc4C)nc32)cc1OC. The first-order chi connectivity index (χ1) is 13.9. The molecule has 0 fully saturated rings. The van der Waals surface area contributed by atoms with Crippen molar-refractivity contribution in [2.24, 2.45) is 5.73 Å². The summed E-state index contributed by atoms with van der Waals surface area (Å²) < 4.78 is 11.9. The maximum absolute atomic E-state index is 12.8. The van der Waals surface area contributed by atoms with Crippen molar-refractivity contribution in [1.82, 2.24) is 19.5 Å². The molecule has 0 spiro atoms. The van der Waals surface area contributed by atoms with Crippen molar-refractivity contribution in [3.8, 4) is 27.9 Å². The summed E-state index contributed by atoms with van der Waals surface area (Å²) in [7, 11) is 3.03. The number of imidazole rings is 1. The number of fused-ring (bicyclic) bond motifs is 1. The largest absolute Gasteiger partial charge is 0.493 e. The molecule has 4 aromatic rings. The highest BCUT2D eigenvalue weighted by Gasteiger charge is 2.21. The lowest BCUT2D eigenvalue weighted by Crippen LogP contribution is -2.15. The van der Waals surface area contributed by atoms with Crippen LogP contribution in [0.5, 0.6) is 11.5 Å². The highest BCUT2D eigenvalue weighted by molar-refractivity contribution is 7.13. The fourth-order valence-electron chi connectivity index (χ4n) is 3.07. The van der Waals surface area contributed by atoms with Gasteiger partial charge >= 0.3 is 5.69 Å². The Morgan fingerprint density at radius 1 is 1.17 bits per heavy atom. The number of thiophene rings is 1.